The minimum Gasteiger partial charge on any atom is -0.483 e. The number of amides is 1. The van der Waals surface area contributed by atoms with Gasteiger partial charge in [-0.15, -0.1) is 0 Å². The summed E-state index contributed by atoms with van der Waals surface area (Å²) in [5, 5.41) is 2.93. The number of nitrogens with zero attached hydrogens (tertiary/aromatic N) is 2. The van der Waals surface area contributed by atoms with E-state index in [9.17, 15) is 4.79 Å². The molecule has 0 fully saturated rings. The Morgan fingerprint density at radius 3 is 2.79 bits per heavy atom. The molecule has 1 heterocycles. The number of para-hydroxylation sites is 2. The van der Waals surface area contributed by atoms with E-state index in [2.05, 4.69) is 22.5 Å². The predicted octanol–water partition coefficient (Wildman–Crippen LogP) is 4.36. The van der Waals surface area contributed by atoms with E-state index in [1.807, 2.05) is 57.2 Å². The zero-order chi connectivity index (χ0) is 20.8. The van der Waals surface area contributed by atoms with Crippen molar-refractivity contribution in [2.24, 2.45) is 0 Å². The second kappa shape index (κ2) is 9.41. The molecule has 5 heteroatoms. The molecule has 152 valence electrons. The Morgan fingerprint density at radius 1 is 1.21 bits per heavy atom. The normalized spacial score (nSPS) is 10.9. The largest absolute Gasteiger partial charge is 0.483 e. The Kier molecular flexibility index (Phi) is 6.70. The first-order chi connectivity index (χ1) is 13.9. The number of ether oxygens (including phenoxy) is 1. The number of rotatable bonds is 9. The molecule has 0 aliphatic heterocycles. The van der Waals surface area contributed by atoms with Crippen LogP contribution < -0.4 is 10.1 Å². The number of hydrogen-bond donors (Lipinski definition) is 1. The van der Waals surface area contributed by atoms with Crippen LogP contribution in [0.5, 0.6) is 5.75 Å². The second-order valence-corrected chi connectivity index (χ2v) is 7.57. The van der Waals surface area contributed by atoms with Crippen molar-refractivity contribution in [3.8, 4) is 5.75 Å². The second-order valence-electron chi connectivity index (χ2n) is 7.57. The minimum absolute atomic E-state index is 0.0263. The van der Waals surface area contributed by atoms with E-state index in [0.717, 1.165) is 58.7 Å². The third-order valence-corrected chi connectivity index (χ3v) is 4.76. The van der Waals surface area contributed by atoms with Crippen molar-refractivity contribution in [2.75, 3.05) is 13.2 Å². The molecule has 0 radical (unpaired) electrons. The fourth-order valence-electron chi connectivity index (χ4n) is 3.29. The highest BCUT2D eigenvalue weighted by molar-refractivity contribution is 5.77. The van der Waals surface area contributed by atoms with E-state index in [4.69, 9.17) is 9.72 Å². The number of fused-ring (bicyclic) bond motifs is 1. The highest BCUT2D eigenvalue weighted by Crippen LogP contribution is 2.19. The van der Waals surface area contributed by atoms with Gasteiger partial charge in [0, 0.05) is 19.5 Å². The molecular formula is C24H29N3O2. The molecule has 0 spiro atoms. The summed E-state index contributed by atoms with van der Waals surface area (Å²) >= 11 is 0. The zero-order valence-corrected chi connectivity index (χ0v) is 17.5. The third-order valence-electron chi connectivity index (χ3n) is 4.76. The molecule has 0 bridgehead atoms. The summed E-state index contributed by atoms with van der Waals surface area (Å²) in [7, 11) is 0. The Hall–Kier alpha value is -3.08. The van der Waals surface area contributed by atoms with Gasteiger partial charge >= 0.3 is 0 Å². The van der Waals surface area contributed by atoms with Crippen molar-refractivity contribution in [3.63, 3.8) is 0 Å². The van der Waals surface area contributed by atoms with E-state index < -0.39 is 0 Å². The van der Waals surface area contributed by atoms with Crippen molar-refractivity contribution in [1.82, 2.24) is 14.9 Å². The molecule has 0 saturated heterocycles. The average molecular weight is 392 g/mol. The van der Waals surface area contributed by atoms with E-state index >= 15 is 0 Å². The Morgan fingerprint density at radius 2 is 2.00 bits per heavy atom. The lowest BCUT2D eigenvalue weighted by molar-refractivity contribution is -0.123. The van der Waals surface area contributed by atoms with Crippen molar-refractivity contribution in [3.05, 3.63) is 71.6 Å². The van der Waals surface area contributed by atoms with Crippen molar-refractivity contribution >= 4 is 16.9 Å². The molecule has 29 heavy (non-hydrogen) atoms. The molecule has 3 aromatic rings. The fraction of sp³-hybridized carbons (Fsp3) is 0.333. The van der Waals surface area contributed by atoms with Crippen molar-refractivity contribution < 1.29 is 9.53 Å². The van der Waals surface area contributed by atoms with Crippen LogP contribution >= 0.6 is 0 Å². The van der Waals surface area contributed by atoms with Gasteiger partial charge in [-0.3, -0.25) is 4.79 Å². The van der Waals surface area contributed by atoms with Crippen LogP contribution in [0.15, 0.2) is 54.6 Å². The van der Waals surface area contributed by atoms with Crippen LogP contribution in [0, 0.1) is 13.8 Å². The number of carbonyl (C=O) groups is 1. The molecule has 1 amide bonds. The van der Waals surface area contributed by atoms with Gasteiger partial charge in [-0.1, -0.05) is 36.4 Å². The minimum atomic E-state index is -0.110. The Bertz CT molecular complexity index is 1020. The monoisotopic (exact) mass is 391 g/mol. The SMILES string of the molecule is C=C(C)Cn1c(CCCNC(=O)COc2cc(C)ccc2C)nc2ccccc21. The Labute approximate surface area is 172 Å². The lowest BCUT2D eigenvalue weighted by Crippen LogP contribution is -2.30. The van der Waals surface area contributed by atoms with Gasteiger partial charge in [0.25, 0.3) is 5.91 Å². The van der Waals surface area contributed by atoms with Gasteiger partial charge in [0.1, 0.15) is 11.6 Å². The maximum absolute atomic E-state index is 12.1. The summed E-state index contributed by atoms with van der Waals surface area (Å²) in [6.45, 7) is 11.4. The number of imidazole rings is 1. The van der Waals surface area contributed by atoms with Crippen LogP contribution in [0.3, 0.4) is 0 Å². The lowest BCUT2D eigenvalue weighted by atomic mass is 10.1. The third kappa shape index (κ3) is 5.47. The number of aromatic nitrogens is 2. The van der Waals surface area contributed by atoms with E-state index in [-0.39, 0.29) is 12.5 Å². The first-order valence-electron chi connectivity index (χ1n) is 9.99. The maximum atomic E-state index is 12.1. The van der Waals surface area contributed by atoms with Crippen molar-refractivity contribution in [2.45, 2.75) is 40.2 Å². The Balaban J connectivity index is 1.50. The standard InChI is InChI=1S/C24H29N3O2/c1-17(2)15-27-21-9-6-5-8-20(21)26-23(27)10-7-13-25-24(28)16-29-22-14-18(3)11-12-19(22)4/h5-6,8-9,11-12,14H,1,7,10,13,15-16H2,2-4H3,(H,25,28). The zero-order valence-electron chi connectivity index (χ0n) is 17.5. The van der Waals surface area contributed by atoms with Gasteiger partial charge in [0.15, 0.2) is 6.61 Å². The summed E-state index contributed by atoms with van der Waals surface area (Å²) in [5.41, 5.74) is 5.35. The number of hydrogen-bond acceptors (Lipinski definition) is 3. The average Bonchev–Trinajstić information content (AvgIpc) is 3.03. The summed E-state index contributed by atoms with van der Waals surface area (Å²) in [6, 6.07) is 14.1. The topological polar surface area (TPSA) is 56.2 Å². The molecule has 0 aliphatic rings. The van der Waals surface area contributed by atoms with Crippen LogP contribution in [0.2, 0.25) is 0 Å². The fourth-order valence-corrected chi connectivity index (χ4v) is 3.29. The molecule has 0 atom stereocenters. The summed E-state index contributed by atoms with van der Waals surface area (Å²) in [6.07, 6.45) is 1.61. The van der Waals surface area contributed by atoms with E-state index in [1.165, 1.54) is 0 Å². The molecule has 3 rings (SSSR count). The highest BCUT2D eigenvalue weighted by atomic mass is 16.5. The smallest absolute Gasteiger partial charge is 0.257 e. The molecular weight excluding hydrogens is 362 g/mol. The van der Waals surface area contributed by atoms with Gasteiger partial charge in [-0.25, -0.2) is 4.98 Å². The van der Waals surface area contributed by atoms with Crippen LogP contribution in [0.1, 0.15) is 30.3 Å². The predicted molar refractivity (Wildman–Crippen MR) is 117 cm³/mol. The number of allylic oxidation sites excluding steroid dienone is 1. The quantitative estimate of drug-likeness (QED) is 0.436. The first-order valence-corrected chi connectivity index (χ1v) is 9.99. The summed E-state index contributed by atoms with van der Waals surface area (Å²) in [4.78, 5) is 16.9. The highest BCUT2D eigenvalue weighted by Gasteiger charge is 2.11. The van der Waals surface area contributed by atoms with E-state index in [1.54, 1.807) is 0 Å². The van der Waals surface area contributed by atoms with Crippen LogP contribution in [0.25, 0.3) is 11.0 Å². The number of aryl methyl sites for hydroxylation is 3. The first kappa shape index (κ1) is 20.6. The van der Waals surface area contributed by atoms with Gasteiger partial charge in [0.2, 0.25) is 0 Å². The lowest BCUT2D eigenvalue weighted by Gasteiger charge is -2.11. The van der Waals surface area contributed by atoms with Crippen LogP contribution in [-0.2, 0) is 17.8 Å². The van der Waals surface area contributed by atoms with Gasteiger partial charge in [0.05, 0.1) is 11.0 Å². The van der Waals surface area contributed by atoms with Crippen molar-refractivity contribution in [1.29, 1.82) is 0 Å². The van der Waals surface area contributed by atoms with Gasteiger partial charge < -0.3 is 14.6 Å². The molecule has 0 unspecified atom stereocenters. The molecule has 1 aromatic heterocycles. The number of benzene rings is 2. The maximum Gasteiger partial charge on any atom is 0.257 e. The van der Waals surface area contributed by atoms with Gasteiger partial charge in [-0.2, -0.15) is 0 Å². The number of carbonyl (C=O) groups excluding carboxylic acids is 1. The van der Waals surface area contributed by atoms with Crippen LogP contribution in [-0.4, -0.2) is 28.6 Å². The molecule has 1 N–H and O–H groups in total. The molecule has 5 nitrogen and oxygen atoms in total. The summed E-state index contributed by atoms with van der Waals surface area (Å²) < 4.78 is 7.87. The van der Waals surface area contributed by atoms with Crippen LogP contribution in [0.4, 0.5) is 0 Å². The molecule has 2 aromatic carbocycles. The van der Waals surface area contributed by atoms with E-state index in [0.29, 0.717) is 6.54 Å². The molecule has 0 aliphatic carbocycles. The van der Waals surface area contributed by atoms with Gasteiger partial charge in [-0.05, 0) is 56.5 Å². The molecule has 0 saturated carbocycles. The number of nitrogens with one attached hydrogen (secondary N) is 1. The summed E-state index contributed by atoms with van der Waals surface area (Å²) in [5.74, 6) is 1.67.